The molecule has 0 aliphatic rings. The van der Waals surface area contributed by atoms with Gasteiger partial charge < -0.3 is 31.6 Å². The number of nitrogens with one attached hydrogen (secondary N) is 3. The summed E-state index contributed by atoms with van der Waals surface area (Å²) in [5, 5.41) is 16.8. The molecule has 0 aromatic rings. The molecule has 10 nitrogen and oxygen atoms in total. The van der Waals surface area contributed by atoms with Crippen molar-refractivity contribution in [3.05, 3.63) is 0 Å². The third-order valence-corrected chi connectivity index (χ3v) is 4.16. The quantitative estimate of drug-likeness (QED) is 0.217. The van der Waals surface area contributed by atoms with Gasteiger partial charge in [-0.2, -0.15) is 0 Å². The molecule has 0 aromatic carbocycles. The number of carboxylic acid groups (broad SMARTS) is 1. The lowest BCUT2D eigenvalue weighted by atomic mass is 10.1. The monoisotopic (exact) mass is 400 g/mol. The molecule has 0 rings (SSSR count). The summed E-state index contributed by atoms with van der Waals surface area (Å²) in [6.45, 7) is 1.84. The predicted octanol–water partition coefficient (Wildman–Crippen LogP) is -0.545. The first kappa shape index (κ1) is 25.5. The Balaban J connectivity index is 4.02. The molecule has 160 valence electrons. The molecule has 0 saturated carbocycles. The van der Waals surface area contributed by atoms with E-state index in [1.807, 2.05) is 0 Å². The van der Waals surface area contributed by atoms with Crippen LogP contribution >= 0.6 is 0 Å². The fourth-order valence-corrected chi connectivity index (χ4v) is 2.51. The minimum Gasteiger partial charge on any atom is -0.480 e. The van der Waals surface area contributed by atoms with Gasteiger partial charge in [-0.05, 0) is 46.1 Å². The molecule has 0 bridgehead atoms. The number of primary amides is 1. The van der Waals surface area contributed by atoms with Crippen molar-refractivity contribution in [2.45, 2.75) is 70.4 Å². The van der Waals surface area contributed by atoms with Crippen molar-refractivity contribution in [2.24, 2.45) is 5.73 Å². The Morgan fingerprint density at radius 3 is 2.11 bits per heavy atom. The molecule has 2 unspecified atom stereocenters. The van der Waals surface area contributed by atoms with Crippen LogP contribution in [0.4, 0.5) is 0 Å². The third kappa shape index (κ3) is 12.8. The van der Waals surface area contributed by atoms with E-state index < -0.39 is 24.0 Å². The smallest absolute Gasteiger partial charge is 0.320 e. The van der Waals surface area contributed by atoms with E-state index in [0.717, 1.165) is 0 Å². The Bertz CT molecular complexity index is 552. The summed E-state index contributed by atoms with van der Waals surface area (Å²) in [7, 11) is 1.52. The lowest BCUT2D eigenvalue weighted by Crippen LogP contribution is -2.44. The average Bonchev–Trinajstić information content (AvgIpc) is 2.60. The summed E-state index contributed by atoms with van der Waals surface area (Å²) < 4.78 is 0. The second-order valence-electron chi connectivity index (χ2n) is 6.64. The summed E-state index contributed by atoms with van der Waals surface area (Å²) in [5.74, 6) is -2.19. The zero-order valence-corrected chi connectivity index (χ0v) is 16.6. The molecule has 0 fully saturated rings. The maximum Gasteiger partial charge on any atom is 0.320 e. The Morgan fingerprint density at radius 2 is 1.57 bits per heavy atom. The highest BCUT2D eigenvalue weighted by Gasteiger charge is 2.18. The number of carbonyl (C=O) groups excluding carboxylic acids is 4. The van der Waals surface area contributed by atoms with Gasteiger partial charge in [-0.1, -0.05) is 0 Å². The van der Waals surface area contributed by atoms with Gasteiger partial charge in [0.2, 0.25) is 17.7 Å². The normalized spacial score (nSPS) is 12.6. The molecule has 0 aliphatic heterocycles. The van der Waals surface area contributed by atoms with Crippen molar-refractivity contribution in [3.8, 4) is 0 Å². The number of amides is 3. The highest BCUT2D eigenvalue weighted by Crippen LogP contribution is 2.03. The van der Waals surface area contributed by atoms with Crippen LogP contribution in [0.1, 0.15) is 58.3 Å². The molecule has 6 N–H and O–H groups in total. The lowest BCUT2D eigenvalue weighted by molar-refractivity contribution is -0.139. The van der Waals surface area contributed by atoms with Crippen LogP contribution in [-0.2, 0) is 24.0 Å². The van der Waals surface area contributed by atoms with Crippen molar-refractivity contribution in [2.75, 3.05) is 13.6 Å². The van der Waals surface area contributed by atoms with Crippen LogP contribution in [0.3, 0.4) is 0 Å². The zero-order valence-electron chi connectivity index (χ0n) is 16.6. The van der Waals surface area contributed by atoms with E-state index in [1.54, 1.807) is 0 Å². The summed E-state index contributed by atoms with van der Waals surface area (Å²) in [6, 6.07) is -1.55. The largest absolute Gasteiger partial charge is 0.480 e. The van der Waals surface area contributed by atoms with E-state index in [4.69, 9.17) is 10.8 Å². The molecule has 0 aromatic heterocycles. The molecular formula is C18H32N4O6. The van der Waals surface area contributed by atoms with Gasteiger partial charge in [-0.3, -0.25) is 19.2 Å². The Morgan fingerprint density at radius 1 is 0.893 bits per heavy atom. The number of Topliss-reactive ketones (excluding diaryl/α,β-unsaturated/α-hetero) is 1. The number of nitrogens with two attached hydrogens (primary N) is 1. The minimum atomic E-state index is -1.00. The highest BCUT2D eigenvalue weighted by molar-refractivity contribution is 5.86. The van der Waals surface area contributed by atoms with Crippen LogP contribution in [0.15, 0.2) is 0 Å². The topological polar surface area (TPSA) is 168 Å². The number of hydrogen-bond acceptors (Lipinski definition) is 6. The number of aliphatic carboxylic acids is 1. The first-order valence-electron chi connectivity index (χ1n) is 9.42. The summed E-state index contributed by atoms with van der Waals surface area (Å²) in [5.41, 5.74) is 5.30. The Labute approximate surface area is 165 Å². The highest BCUT2D eigenvalue weighted by atomic mass is 16.4. The van der Waals surface area contributed by atoms with E-state index in [2.05, 4.69) is 16.0 Å². The summed E-state index contributed by atoms with van der Waals surface area (Å²) in [6.07, 6.45) is 2.69. The Kier molecular flexibility index (Phi) is 13.3. The minimum absolute atomic E-state index is 0.00531. The van der Waals surface area contributed by atoms with Gasteiger partial charge in [0.15, 0.2) is 0 Å². The van der Waals surface area contributed by atoms with Crippen molar-refractivity contribution in [3.63, 3.8) is 0 Å². The van der Waals surface area contributed by atoms with Crippen LogP contribution in [0.25, 0.3) is 0 Å². The molecule has 10 heteroatoms. The first-order chi connectivity index (χ1) is 13.2. The lowest BCUT2D eigenvalue weighted by Gasteiger charge is -2.15. The molecule has 0 radical (unpaired) electrons. The number of likely N-dealkylation sites (N-methyl/N-ethyl adjacent to an activating group) is 1. The van der Waals surface area contributed by atoms with Gasteiger partial charge in [0.1, 0.15) is 17.9 Å². The number of rotatable bonds is 16. The van der Waals surface area contributed by atoms with Crippen LogP contribution in [-0.4, -0.2) is 60.3 Å². The standard InChI is InChI=1S/C18H32N4O6/c1-12(23)6-5-8-16(25)22-13(17(19)26)7-3-4-11-21-15(24)10-9-14(20-2)18(27)28/h13-14,20H,3-11H2,1-2H3,(H2,19,26)(H,21,24)(H,22,25)(H,27,28). The van der Waals surface area contributed by atoms with E-state index >= 15 is 0 Å². The molecule has 3 amide bonds. The molecular weight excluding hydrogens is 368 g/mol. The van der Waals surface area contributed by atoms with Crippen LogP contribution < -0.4 is 21.7 Å². The van der Waals surface area contributed by atoms with Gasteiger partial charge in [-0.15, -0.1) is 0 Å². The van der Waals surface area contributed by atoms with Crippen LogP contribution in [0.2, 0.25) is 0 Å². The molecule has 0 heterocycles. The average molecular weight is 400 g/mol. The maximum atomic E-state index is 11.8. The van der Waals surface area contributed by atoms with E-state index in [1.165, 1.54) is 14.0 Å². The van der Waals surface area contributed by atoms with Crippen LogP contribution in [0, 0.1) is 0 Å². The molecule has 28 heavy (non-hydrogen) atoms. The number of carboxylic acids is 1. The van der Waals surface area contributed by atoms with Gasteiger partial charge in [0.05, 0.1) is 0 Å². The third-order valence-electron chi connectivity index (χ3n) is 4.16. The fourth-order valence-electron chi connectivity index (χ4n) is 2.51. The Hall–Kier alpha value is -2.49. The van der Waals surface area contributed by atoms with Crippen molar-refractivity contribution >= 4 is 29.5 Å². The molecule has 0 spiro atoms. The van der Waals surface area contributed by atoms with Gasteiger partial charge in [0, 0.05) is 25.8 Å². The van der Waals surface area contributed by atoms with E-state index in [9.17, 15) is 24.0 Å². The van der Waals surface area contributed by atoms with Crippen molar-refractivity contribution in [1.29, 1.82) is 0 Å². The fraction of sp³-hybridized carbons (Fsp3) is 0.722. The van der Waals surface area contributed by atoms with Crippen LogP contribution in [0.5, 0.6) is 0 Å². The summed E-state index contributed by atoms with van der Waals surface area (Å²) in [4.78, 5) is 56.6. The number of unbranched alkanes of at least 4 members (excludes halogenated alkanes) is 1. The van der Waals surface area contributed by atoms with Gasteiger partial charge in [-0.25, -0.2) is 0 Å². The van der Waals surface area contributed by atoms with E-state index in [-0.39, 0.29) is 36.9 Å². The number of hydrogen-bond donors (Lipinski definition) is 5. The SMILES string of the molecule is CNC(CCC(=O)NCCCCC(NC(=O)CCCC(C)=O)C(N)=O)C(=O)O. The van der Waals surface area contributed by atoms with Crippen molar-refractivity contribution < 1.29 is 29.1 Å². The van der Waals surface area contributed by atoms with Crippen molar-refractivity contribution in [1.82, 2.24) is 16.0 Å². The van der Waals surface area contributed by atoms with E-state index in [0.29, 0.717) is 38.6 Å². The number of carbonyl (C=O) groups is 5. The zero-order chi connectivity index (χ0) is 21.5. The predicted molar refractivity (Wildman–Crippen MR) is 102 cm³/mol. The second kappa shape index (κ2) is 14.6. The molecule has 0 aliphatic carbocycles. The first-order valence-corrected chi connectivity index (χ1v) is 9.42. The molecule has 0 saturated heterocycles. The second-order valence-corrected chi connectivity index (χ2v) is 6.64. The maximum absolute atomic E-state index is 11.8. The molecule has 2 atom stereocenters. The van der Waals surface area contributed by atoms with Gasteiger partial charge >= 0.3 is 5.97 Å². The van der Waals surface area contributed by atoms with Gasteiger partial charge in [0.25, 0.3) is 0 Å². The number of ketones is 1. The summed E-state index contributed by atoms with van der Waals surface area (Å²) >= 11 is 0.